The number of nitrogens with zero attached hydrogens (tertiary/aromatic N) is 2. The lowest BCUT2D eigenvalue weighted by Gasteiger charge is -2.21. The Morgan fingerprint density at radius 3 is 2.39 bits per heavy atom. The zero-order valence-corrected chi connectivity index (χ0v) is 12.2. The van der Waals surface area contributed by atoms with Gasteiger partial charge in [-0.3, -0.25) is 4.79 Å². The molecule has 0 fully saturated rings. The van der Waals surface area contributed by atoms with Gasteiger partial charge in [0.2, 0.25) is 0 Å². The second-order valence-electron chi connectivity index (χ2n) is 5.69. The maximum atomic E-state index is 12.9. The van der Waals surface area contributed by atoms with Gasteiger partial charge in [0.05, 0.1) is 5.69 Å². The largest absolute Gasteiger partial charge is 0.289 e. The molecule has 3 heteroatoms. The molecule has 0 amide bonds. The van der Waals surface area contributed by atoms with Gasteiger partial charge in [0.15, 0.2) is 5.78 Å². The van der Waals surface area contributed by atoms with Crippen LogP contribution in [0.4, 0.5) is 0 Å². The summed E-state index contributed by atoms with van der Waals surface area (Å²) in [6, 6.07) is 19.8. The summed E-state index contributed by atoms with van der Waals surface area (Å²) >= 11 is 0. The van der Waals surface area contributed by atoms with E-state index in [4.69, 9.17) is 0 Å². The van der Waals surface area contributed by atoms with Crippen molar-refractivity contribution in [3.8, 4) is 16.8 Å². The summed E-state index contributed by atoms with van der Waals surface area (Å²) in [5.74, 6) is 0.0938. The van der Waals surface area contributed by atoms with Crippen LogP contribution in [0.3, 0.4) is 0 Å². The molecule has 0 unspecified atom stereocenters. The molecule has 0 saturated carbocycles. The molecule has 3 aromatic carbocycles. The molecule has 1 heterocycles. The Labute approximate surface area is 132 Å². The number of hydrogen-bond acceptors (Lipinski definition) is 2. The normalized spacial score (nSPS) is 12.4. The third-order valence-corrected chi connectivity index (χ3v) is 4.48. The fraction of sp³-hybridized carbons (Fsp3) is 0. The second-order valence-corrected chi connectivity index (χ2v) is 5.69. The zero-order valence-electron chi connectivity index (χ0n) is 12.2. The Morgan fingerprint density at radius 2 is 1.57 bits per heavy atom. The molecule has 0 atom stereocenters. The first kappa shape index (κ1) is 12.4. The van der Waals surface area contributed by atoms with Gasteiger partial charge in [-0.25, -0.2) is 4.68 Å². The predicted molar refractivity (Wildman–Crippen MR) is 89.9 cm³/mol. The maximum absolute atomic E-state index is 12.9. The lowest BCUT2D eigenvalue weighted by atomic mass is 9.82. The zero-order chi connectivity index (χ0) is 15.4. The van der Waals surface area contributed by atoms with Crippen LogP contribution in [0.25, 0.3) is 27.6 Å². The summed E-state index contributed by atoms with van der Waals surface area (Å²) < 4.78 is 1.84. The summed E-state index contributed by atoms with van der Waals surface area (Å²) in [7, 11) is 0. The van der Waals surface area contributed by atoms with Gasteiger partial charge in [-0.1, -0.05) is 48.5 Å². The van der Waals surface area contributed by atoms with E-state index in [-0.39, 0.29) is 5.78 Å². The van der Waals surface area contributed by atoms with E-state index >= 15 is 0 Å². The van der Waals surface area contributed by atoms with Gasteiger partial charge in [0.1, 0.15) is 0 Å². The van der Waals surface area contributed by atoms with E-state index in [0.717, 1.165) is 38.7 Å². The minimum absolute atomic E-state index is 0.0938. The highest BCUT2D eigenvalue weighted by atomic mass is 16.1. The third kappa shape index (κ3) is 1.59. The minimum atomic E-state index is 0.0938. The van der Waals surface area contributed by atoms with Crippen LogP contribution in [0.1, 0.15) is 15.9 Å². The van der Waals surface area contributed by atoms with E-state index in [1.165, 1.54) is 0 Å². The van der Waals surface area contributed by atoms with E-state index in [1.807, 2.05) is 53.3 Å². The van der Waals surface area contributed by atoms with Crippen molar-refractivity contribution < 1.29 is 4.79 Å². The Hall–Kier alpha value is -3.20. The quantitative estimate of drug-likeness (QED) is 0.464. The Balaban J connectivity index is 1.96. The van der Waals surface area contributed by atoms with Crippen LogP contribution in [0.2, 0.25) is 0 Å². The molecular weight excluding hydrogens is 284 g/mol. The SMILES string of the molecule is O=C1c2ccccc2-c2ccc(-n3cccn3)c3cccc1c23. The number of benzene rings is 3. The smallest absolute Gasteiger partial charge is 0.194 e. The predicted octanol–water partition coefficient (Wildman–Crippen LogP) is 4.24. The first-order valence-corrected chi connectivity index (χ1v) is 7.54. The molecule has 3 nitrogen and oxygen atoms in total. The summed E-state index contributed by atoms with van der Waals surface area (Å²) in [5.41, 5.74) is 4.65. The molecule has 0 spiro atoms. The van der Waals surface area contributed by atoms with Crippen molar-refractivity contribution in [2.75, 3.05) is 0 Å². The van der Waals surface area contributed by atoms with Crippen LogP contribution in [-0.4, -0.2) is 15.6 Å². The third-order valence-electron chi connectivity index (χ3n) is 4.48. The van der Waals surface area contributed by atoms with Crippen LogP contribution in [0, 0.1) is 0 Å². The Bertz CT molecular complexity index is 1080. The first-order valence-electron chi connectivity index (χ1n) is 7.54. The van der Waals surface area contributed by atoms with Gasteiger partial charge in [0.25, 0.3) is 0 Å². The minimum Gasteiger partial charge on any atom is -0.289 e. The number of hydrogen-bond donors (Lipinski definition) is 0. The fourth-order valence-electron chi connectivity index (χ4n) is 3.48. The number of carbonyl (C=O) groups is 1. The van der Waals surface area contributed by atoms with Crippen molar-refractivity contribution >= 4 is 16.6 Å². The summed E-state index contributed by atoms with van der Waals surface area (Å²) in [6.45, 7) is 0. The average Bonchev–Trinajstić information content (AvgIpc) is 3.13. The maximum Gasteiger partial charge on any atom is 0.194 e. The van der Waals surface area contributed by atoms with Crippen molar-refractivity contribution in [3.05, 3.63) is 84.2 Å². The molecule has 1 aromatic heterocycles. The second kappa shape index (κ2) is 4.40. The molecule has 0 aliphatic heterocycles. The number of ketones is 1. The van der Waals surface area contributed by atoms with Crippen LogP contribution in [0.5, 0.6) is 0 Å². The van der Waals surface area contributed by atoms with Crippen LogP contribution in [0.15, 0.2) is 73.1 Å². The number of carbonyl (C=O) groups excluding carboxylic acids is 1. The first-order chi connectivity index (χ1) is 11.3. The van der Waals surface area contributed by atoms with Crippen molar-refractivity contribution in [2.45, 2.75) is 0 Å². The van der Waals surface area contributed by atoms with Crippen molar-refractivity contribution in [2.24, 2.45) is 0 Å². The standard InChI is InChI=1S/C20H12N2O/c23-20-15-6-2-1-5-13(15)14-9-10-18(22-12-4-11-21-22)16-7-3-8-17(20)19(14)16/h1-12H. The molecule has 4 aromatic rings. The fourth-order valence-corrected chi connectivity index (χ4v) is 3.48. The molecule has 1 aliphatic carbocycles. The van der Waals surface area contributed by atoms with E-state index < -0.39 is 0 Å². The highest BCUT2D eigenvalue weighted by molar-refractivity contribution is 6.26. The topological polar surface area (TPSA) is 34.9 Å². The Kier molecular flexibility index (Phi) is 2.36. The van der Waals surface area contributed by atoms with Gasteiger partial charge in [0, 0.05) is 34.3 Å². The number of rotatable bonds is 1. The number of fused-ring (bicyclic) bond motifs is 2. The highest BCUT2D eigenvalue weighted by Crippen LogP contribution is 2.40. The summed E-state index contributed by atoms with van der Waals surface area (Å²) in [5, 5.41) is 6.40. The molecule has 0 saturated heterocycles. The van der Waals surface area contributed by atoms with Crippen LogP contribution in [-0.2, 0) is 0 Å². The van der Waals surface area contributed by atoms with Crippen LogP contribution >= 0.6 is 0 Å². The van der Waals surface area contributed by atoms with E-state index in [0.29, 0.717) is 0 Å². The van der Waals surface area contributed by atoms with Gasteiger partial charge >= 0.3 is 0 Å². The van der Waals surface area contributed by atoms with Gasteiger partial charge in [-0.2, -0.15) is 5.10 Å². The van der Waals surface area contributed by atoms with E-state index in [9.17, 15) is 4.79 Å². The monoisotopic (exact) mass is 296 g/mol. The van der Waals surface area contributed by atoms with Crippen molar-refractivity contribution in [3.63, 3.8) is 0 Å². The lowest BCUT2D eigenvalue weighted by molar-refractivity contribution is 0.104. The van der Waals surface area contributed by atoms with Gasteiger partial charge in [-0.05, 0) is 23.3 Å². The molecule has 5 rings (SSSR count). The number of aromatic nitrogens is 2. The average molecular weight is 296 g/mol. The lowest BCUT2D eigenvalue weighted by Crippen LogP contribution is -2.10. The molecule has 0 N–H and O–H groups in total. The summed E-state index contributed by atoms with van der Waals surface area (Å²) in [4.78, 5) is 12.9. The van der Waals surface area contributed by atoms with Crippen LogP contribution < -0.4 is 0 Å². The molecule has 0 radical (unpaired) electrons. The molecule has 1 aliphatic rings. The van der Waals surface area contributed by atoms with Crippen molar-refractivity contribution in [1.29, 1.82) is 0 Å². The summed E-state index contributed by atoms with van der Waals surface area (Å²) in [6.07, 6.45) is 3.68. The van der Waals surface area contributed by atoms with Crippen molar-refractivity contribution in [1.82, 2.24) is 9.78 Å². The molecule has 0 bridgehead atoms. The van der Waals surface area contributed by atoms with Gasteiger partial charge < -0.3 is 0 Å². The van der Waals surface area contributed by atoms with E-state index in [2.05, 4.69) is 23.3 Å². The van der Waals surface area contributed by atoms with E-state index in [1.54, 1.807) is 6.20 Å². The molecular formula is C20H12N2O. The molecule has 108 valence electrons. The highest BCUT2D eigenvalue weighted by Gasteiger charge is 2.25. The Morgan fingerprint density at radius 1 is 0.739 bits per heavy atom. The molecule has 23 heavy (non-hydrogen) atoms. The van der Waals surface area contributed by atoms with Gasteiger partial charge in [-0.15, -0.1) is 0 Å².